The molecule has 2 amide bonds. The molecule has 41 heavy (non-hydrogen) atoms. The van der Waals surface area contributed by atoms with E-state index in [0.717, 1.165) is 63.7 Å². The van der Waals surface area contributed by atoms with Gasteiger partial charge < -0.3 is 19.4 Å². The lowest BCUT2D eigenvalue weighted by atomic mass is 9.88. The fourth-order valence-corrected chi connectivity index (χ4v) is 7.89. The van der Waals surface area contributed by atoms with E-state index in [1.165, 1.54) is 24.8 Å². The Hall–Kier alpha value is -2.86. The lowest BCUT2D eigenvalue weighted by molar-refractivity contribution is -0.134. The van der Waals surface area contributed by atoms with Gasteiger partial charge in [0.25, 0.3) is 0 Å². The number of benzene rings is 2. The molecule has 0 N–H and O–H groups in total. The third-order valence-corrected chi connectivity index (χ3v) is 9.89. The van der Waals surface area contributed by atoms with Crippen LogP contribution >= 0.6 is 0 Å². The van der Waals surface area contributed by atoms with Crippen LogP contribution in [0, 0.1) is 5.92 Å². The lowest BCUT2D eigenvalue weighted by Gasteiger charge is -2.39. The van der Waals surface area contributed by atoms with Crippen LogP contribution in [-0.2, 0) is 16.1 Å². The Morgan fingerprint density at radius 3 is 2.12 bits per heavy atom. The minimum Gasteiger partial charge on any atom is -0.445 e. The van der Waals surface area contributed by atoms with Gasteiger partial charge in [-0.25, -0.2) is 4.79 Å². The van der Waals surface area contributed by atoms with E-state index in [1.807, 2.05) is 42.2 Å². The summed E-state index contributed by atoms with van der Waals surface area (Å²) in [5, 5.41) is 0. The molecule has 3 fully saturated rings. The predicted octanol–water partition coefficient (Wildman–Crippen LogP) is 6.85. The Morgan fingerprint density at radius 2 is 1.49 bits per heavy atom. The maximum absolute atomic E-state index is 13.0. The number of rotatable bonds is 9. The zero-order chi connectivity index (χ0) is 28.6. The van der Waals surface area contributed by atoms with E-state index in [-0.39, 0.29) is 18.0 Å². The molecule has 1 saturated heterocycles. The number of ether oxygens (including phenoxy) is 1. The average Bonchev–Trinajstić information content (AvgIpc) is 3.41. The number of amides is 2. The number of nitrogens with zero attached hydrogens (tertiary/aromatic N) is 3. The summed E-state index contributed by atoms with van der Waals surface area (Å²) in [7, 11) is 0. The van der Waals surface area contributed by atoms with Crippen molar-refractivity contribution < 1.29 is 14.3 Å². The Morgan fingerprint density at radius 1 is 0.829 bits per heavy atom. The SMILES string of the molecule is CCN(C(=O)OCc1ccccc1)C1CCN(C[C@H]2CC(N(C(C)=O)C3CCCCC3)C[C@@H]2c2ccccc2)CC1. The highest BCUT2D eigenvalue weighted by molar-refractivity contribution is 5.74. The summed E-state index contributed by atoms with van der Waals surface area (Å²) in [6, 6.07) is 21.8. The monoisotopic (exact) mass is 559 g/mol. The van der Waals surface area contributed by atoms with Crippen LogP contribution in [0.3, 0.4) is 0 Å². The zero-order valence-corrected chi connectivity index (χ0v) is 25.1. The maximum Gasteiger partial charge on any atom is 0.410 e. The average molecular weight is 560 g/mol. The second kappa shape index (κ2) is 14.4. The van der Waals surface area contributed by atoms with Gasteiger partial charge in [-0.15, -0.1) is 0 Å². The van der Waals surface area contributed by atoms with Gasteiger partial charge in [0.2, 0.25) is 5.91 Å². The first-order chi connectivity index (χ1) is 20.0. The molecule has 2 aromatic rings. The highest BCUT2D eigenvalue weighted by atomic mass is 16.6. The number of carbonyl (C=O) groups excluding carboxylic acids is 2. The smallest absolute Gasteiger partial charge is 0.410 e. The molecule has 6 nitrogen and oxygen atoms in total. The molecule has 2 saturated carbocycles. The highest BCUT2D eigenvalue weighted by Gasteiger charge is 2.42. The summed E-state index contributed by atoms with van der Waals surface area (Å²) in [5.74, 6) is 1.26. The second-order valence-electron chi connectivity index (χ2n) is 12.5. The van der Waals surface area contributed by atoms with Crippen molar-refractivity contribution in [1.29, 1.82) is 0 Å². The van der Waals surface area contributed by atoms with Gasteiger partial charge >= 0.3 is 6.09 Å². The predicted molar refractivity (Wildman–Crippen MR) is 164 cm³/mol. The van der Waals surface area contributed by atoms with Gasteiger partial charge in [-0.2, -0.15) is 0 Å². The minimum atomic E-state index is -0.204. The summed E-state index contributed by atoms with van der Waals surface area (Å²) < 4.78 is 5.68. The van der Waals surface area contributed by atoms with Crippen molar-refractivity contribution in [1.82, 2.24) is 14.7 Å². The third-order valence-electron chi connectivity index (χ3n) is 9.89. The van der Waals surface area contributed by atoms with E-state index in [0.29, 0.717) is 37.1 Å². The molecule has 1 aliphatic heterocycles. The summed E-state index contributed by atoms with van der Waals surface area (Å²) in [6.07, 6.45) is 10.0. The van der Waals surface area contributed by atoms with Gasteiger partial charge in [0, 0.05) is 51.2 Å². The third kappa shape index (κ3) is 7.51. The van der Waals surface area contributed by atoms with E-state index < -0.39 is 0 Å². The standard InChI is InChI=1S/C35H49N3O3/c1-3-37(35(40)41-26-28-13-7-4-8-14-28)31-19-21-36(22-20-31)25-30-23-33(24-34(30)29-15-9-5-10-16-29)38(27(2)39)32-17-11-6-12-18-32/h4-5,7-10,13-16,30-34H,3,6,11-12,17-26H2,1-2H3/t30-,33?,34-/m1/s1. The molecule has 2 aromatic carbocycles. The Balaban J connectivity index is 1.20. The summed E-state index contributed by atoms with van der Waals surface area (Å²) in [4.78, 5) is 32.7. The van der Waals surface area contributed by atoms with Crippen LogP contribution in [0.5, 0.6) is 0 Å². The maximum atomic E-state index is 13.0. The highest BCUT2D eigenvalue weighted by Crippen LogP contribution is 2.44. The largest absolute Gasteiger partial charge is 0.445 e. The Bertz CT molecular complexity index is 1100. The van der Waals surface area contributed by atoms with Gasteiger partial charge in [0.1, 0.15) is 6.61 Å². The number of carbonyl (C=O) groups is 2. The number of hydrogen-bond acceptors (Lipinski definition) is 4. The molecule has 3 aliphatic rings. The molecule has 1 heterocycles. The van der Waals surface area contributed by atoms with E-state index >= 15 is 0 Å². The Kier molecular flexibility index (Phi) is 10.4. The normalized spacial score (nSPS) is 24.2. The molecule has 3 atom stereocenters. The van der Waals surface area contributed by atoms with Crippen molar-refractivity contribution >= 4 is 12.0 Å². The summed E-state index contributed by atoms with van der Waals surface area (Å²) in [5.41, 5.74) is 2.43. The number of likely N-dealkylation sites (tertiary alicyclic amines) is 1. The van der Waals surface area contributed by atoms with Crippen LogP contribution in [0.4, 0.5) is 4.79 Å². The van der Waals surface area contributed by atoms with E-state index in [2.05, 4.69) is 40.1 Å². The van der Waals surface area contributed by atoms with E-state index in [4.69, 9.17) is 4.74 Å². The molecule has 5 rings (SSSR count). The van der Waals surface area contributed by atoms with Gasteiger partial charge in [0.05, 0.1) is 0 Å². The van der Waals surface area contributed by atoms with Gasteiger partial charge in [-0.05, 0) is 68.4 Å². The lowest BCUT2D eigenvalue weighted by Crippen LogP contribution is -2.48. The van der Waals surface area contributed by atoms with Crippen LogP contribution in [0.15, 0.2) is 60.7 Å². The quantitative estimate of drug-likeness (QED) is 0.337. The molecule has 1 unspecified atom stereocenters. The minimum absolute atomic E-state index is 0.204. The van der Waals surface area contributed by atoms with Crippen LogP contribution in [0.1, 0.15) is 88.7 Å². The molecule has 2 aliphatic carbocycles. The van der Waals surface area contributed by atoms with E-state index in [9.17, 15) is 9.59 Å². The molecule has 0 aromatic heterocycles. The van der Waals surface area contributed by atoms with Crippen LogP contribution in [0.2, 0.25) is 0 Å². The molecule has 222 valence electrons. The summed E-state index contributed by atoms with van der Waals surface area (Å²) in [6.45, 7) is 7.87. The molecule has 0 radical (unpaired) electrons. The second-order valence-corrected chi connectivity index (χ2v) is 12.5. The van der Waals surface area contributed by atoms with Crippen molar-refractivity contribution in [3.8, 4) is 0 Å². The van der Waals surface area contributed by atoms with Gasteiger partial charge in [-0.3, -0.25) is 4.79 Å². The van der Waals surface area contributed by atoms with Crippen LogP contribution in [-0.4, -0.2) is 71.0 Å². The van der Waals surface area contributed by atoms with Crippen molar-refractivity contribution in [2.24, 2.45) is 5.92 Å². The first-order valence-electron chi connectivity index (χ1n) is 16.1. The number of piperidine rings is 1. The first kappa shape index (κ1) is 29.6. The molecule has 0 spiro atoms. The number of hydrogen-bond donors (Lipinski definition) is 0. The Labute approximate surface area is 247 Å². The molecular weight excluding hydrogens is 510 g/mol. The van der Waals surface area contributed by atoms with Crippen molar-refractivity contribution in [3.63, 3.8) is 0 Å². The van der Waals surface area contributed by atoms with Crippen molar-refractivity contribution in [3.05, 3.63) is 71.8 Å². The van der Waals surface area contributed by atoms with Gasteiger partial charge in [0.15, 0.2) is 0 Å². The molecule has 6 heteroatoms. The topological polar surface area (TPSA) is 53.1 Å². The van der Waals surface area contributed by atoms with Crippen molar-refractivity contribution in [2.75, 3.05) is 26.2 Å². The molecule has 0 bridgehead atoms. The van der Waals surface area contributed by atoms with Crippen molar-refractivity contribution in [2.45, 2.75) is 102 Å². The van der Waals surface area contributed by atoms with Crippen LogP contribution < -0.4 is 0 Å². The summed E-state index contributed by atoms with van der Waals surface area (Å²) >= 11 is 0. The van der Waals surface area contributed by atoms with E-state index in [1.54, 1.807) is 6.92 Å². The fourth-order valence-electron chi connectivity index (χ4n) is 7.89. The van der Waals surface area contributed by atoms with Gasteiger partial charge in [-0.1, -0.05) is 79.9 Å². The fraction of sp³-hybridized carbons (Fsp3) is 0.600. The zero-order valence-electron chi connectivity index (χ0n) is 25.1. The molecular formula is C35H49N3O3. The van der Waals surface area contributed by atoms with Crippen LogP contribution in [0.25, 0.3) is 0 Å². The first-order valence-corrected chi connectivity index (χ1v) is 16.1.